The molecule has 1 saturated carbocycles. The van der Waals surface area contributed by atoms with E-state index in [1.165, 1.54) is 25.0 Å². The SMILES string of the molecule is FC(F)(F)c1ccccc1CN1CCN(CC2CC3C=CC2C3)CC1. The van der Waals surface area contributed by atoms with Crippen LogP contribution in [0, 0.1) is 17.8 Å². The van der Waals surface area contributed by atoms with Gasteiger partial charge in [-0.2, -0.15) is 13.2 Å². The van der Waals surface area contributed by atoms with Crippen molar-refractivity contribution >= 4 is 0 Å². The molecule has 0 N–H and O–H groups in total. The van der Waals surface area contributed by atoms with E-state index in [1.807, 2.05) is 0 Å². The van der Waals surface area contributed by atoms with Gasteiger partial charge in [0.15, 0.2) is 0 Å². The minimum absolute atomic E-state index is 0.389. The van der Waals surface area contributed by atoms with Crippen molar-refractivity contribution in [1.29, 1.82) is 0 Å². The number of hydrogen-bond donors (Lipinski definition) is 0. The molecule has 1 saturated heterocycles. The van der Waals surface area contributed by atoms with Gasteiger partial charge in [0.05, 0.1) is 5.56 Å². The van der Waals surface area contributed by atoms with Crippen molar-refractivity contribution in [2.45, 2.75) is 25.6 Å². The van der Waals surface area contributed by atoms with Gasteiger partial charge in [0.25, 0.3) is 0 Å². The molecule has 0 amide bonds. The molecule has 0 spiro atoms. The van der Waals surface area contributed by atoms with Gasteiger partial charge in [-0.3, -0.25) is 4.90 Å². The Labute approximate surface area is 147 Å². The molecule has 5 heteroatoms. The van der Waals surface area contributed by atoms with Crippen LogP contribution in [-0.4, -0.2) is 42.5 Å². The van der Waals surface area contributed by atoms with Crippen LogP contribution in [0.2, 0.25) is 0 Å². The third-order valence-electron chi connectivity index (χ3n) is 6.09. The van der Waals surface area contributed by atoms with Crippen molar-refractivity contribution in [3.8, 4) is 0 Å². The molecule has 2 nitrogen and oxygen atoms in total. The number of piperazine rings is 1. The van der Waals surface area contributed by atoms with Crippen molar-refractivity contribution in [3.05, 3.63) is 47.5 Å². The summed E-state index contributed by atoms with van der Waals surface area (Å²) in [4.78, 5) is 4.66. The summed E-state index contributed by atoms with van der Waals surface area (Å²) in [6.07, 6.45) is 3.15. The lowest BCUT2D eigenvalue weighted by Gasteiger charge is -2.37. The van der Waals surface area contributed by atoms with Crippen LogP contribution in [0.1, 0.15) is 24.0 Å². The zero-order valence-electron chi connectivity index (χ0n) is 14.4. The molecule has 3 atom stereocenters. The van der Waals surface area contributed by atoms with Crippen LogP contribution in [0.15, 0.2) is 36.4 Å². The summed E-state index contributed by atoms with van der Waals surface area (Å²) in [5, 5.41) is 0. The maximum atomic E-state index is 13.1. The Morgan fingerprint density at radius 3 is 2.28 bits per heavy atom. The first kappa shape index (κ1) is 17.1. The van der Waals surface area contributed by atoms with Crippen molar-refractivity contribution in [2.24, 2.45) is 17.8 Å². The molecule has 25 heavy (non-hydrogen) atoms. The van der Waals surface area contributed by atoms with Gasteiger partial charge in [-0.15, -0.1) is 0 Å². The molecule has 1 aromatic rings. The van der Waals surface area contributed by atoms with E-state index in [2.05, 4.69) is 22.0 Å². The number of benzene rings is 1. The topological polar surface area (TPSA) is 6.48 Å². The van der Waals surface area contributed by atoms with E-state index in [-0.39, 0.29) is 0 Å². The first-order chi connectivity index (χ1) is 12.0. The number of halogens is 3. The summed E-state index contributed by atoms with van der Waals surface area (Å²) in [5.41, 5.74) is -0.104. The molecular weight excluding hydrogens is 325 g/mol. The van der Waals surface area contributed by atoms with E-state index >= 15 is 0 Å². The highest BCUT2D eigenvalue weighted by Crippen LogP contribution is 2.43. The first-order valence-corrected chi connectivity index (χ1v) is 9.27. The molecular formula is C20H25F3N2. The zero-order chi connectivity index (χ0) is 17.4. The lowest BCUT2D eigenvalue weighted by Crippen LogP contribution is -2.47. The highest BCUT2D eigenvalue weighted by molar-refractivity contribution is 5.29. The summed E-state index contributed by atoms with van der Waals surface area (Å²) in [6.45, 7) is 5.17. The van der Waals surface area contributed by atoms with Gasteiger partial charge < -0.3 is 4.90 Å². The van der Waals surface area contributed by atoms with Crippen LogP contribution < -0.4 is 0 Å². The smallest absolute Gasteiger partial charge is 0.300 e. The van der Waals surface area contributed by atoms with Crippen molar-refractivity contribution in [2.75, 3.05) is 32.7 Å². The minimum atomic E-state index is -4.27. The standard InChI is InChI=1S/C20H25F3N2/c21-20(22,23)19-4-2-1-3-17(19)13-24-7-9-25(10-8-24)14-18-12-15-5-6-16(18)11-15/h1-6,15-16,18H,7-14H2. The van der Waals surface area contributed by atoms with E-state index in [0.717, 1.165) is 50.5 Å². The van der Waals surface area contributed by atoms with Gasteiger partial charge >= 0.3 is 6.18 Å². The molecule has 0 radical (unpaired) electrons. The summed E-state index contributed by atoms with van der Waals surface area (Å²) in [6, 6.07) is 5.96. The fraction of sp³-hybridized carbons (Fsp3) is 0.600. The summed E-state index contributed by atoms with van der Waals surface area (Å²) in [7, 11) is 0. The van der Waals surface area contributed by atoms with Crippen LogP contribution in [-0.2, 0) is 12.7 Å². The second kappa shape index (κ2) is 6.76. The molecule has 136 valence electrons. The third-order valence-corrected chi connectivity index (χ3v) is 6.09. The van der Waals surface area contributed by atoms with Gasteiger partial charge in [0.1, 0.15) is 0 Å². The largest absolute Gasteiger partial charge is 0.416 e. The number of alkyl halides is 3. The van der Waals surface area contributed by atoms with E-state index in [4.69, 9.17) is 0 Å². The number of nitrogens with zero attached hydrogens (tertiary/aromatic N) is 2. The summed E-state index contributed by atoms with van der Waals surface area (Å²) >= 11 is 0. The van der Waals surface area contributed by atoms with Gasteiger partial charge in [-0.25, -0.2) is 0 Å². The molecule has 0 aromatic heterocycles. The van der Waals surface area contributed by atoms with Crippen molar-refractivity contribution in [1.82, 2.24) is 9.80 Å². The van der Waals surface area contributed by atoms with E-state index in [0.29, 0.717) is 12.1 Å². The van der Waals surface area contributed by atoms with Crippen LogP contribution in [0.4, 0.5) is 13.2 Å². The quantitative estimate of drug-likeness (QED) is 0.757. The molecule has 2 bridgehead atoms. The van der Waals surface area contributed by atoms with Crippen LogP contribution in [0.3, 0.4) is 0 Å². The Balaban J connectivity index is 1.30. The lowest BCUT2D eigenvalue weighted by molar-refractivity contribution is -0.138. The number of rotatable bonds is 4. The van der Waals surface area contributed by atoms with Gasteiger partial charge in [-0.1, -0.05) is 30.4 Å². The molecule has 1 aliphatic heterocycles. The molecule has 1 heterocycles. The Morgan fingerprint density at radius 2 is 1.64 bits per heavy atom. The van der Waals surface area contributed by atoms with Gasteiger partial charge in [0.2, 0.25) is 0 Å². The fourth-order valence-electron chi connectivity index (χ4n) is 4.74. The minimum Gasteiger partial charge on any atom is -0.300 e. The molecule has 2 fully saturated rings. The monoisotopic (exact) mass is 350 g/mol. The van der Waals surface area contributed by atoms with E-state index in [9.17, 15) is 13.2 Å². The van der Waals surface area contributed by atoms with Gasteiger partial charge in [0, 0.05) is 39.3 Å². The van der Waals surface area contributed by atoms with Crippen molar-refractivity contribution < 1.29 is 13.2 Å². The second-order valence-corrected chi connectivity index (χ2v) is 7.77. The number of fused-ring (bicyclic) bond motifs is 2. The number of hydrogen-bond acceptors (Lipinski definition) is 2. The highest BCUT2D eigenvalue weighted by atomic mass is 19.4. The Kier molecular flexibility index (Phi) is 4.63. The van der Waals surface area contributed by atoms with Gasteiger partial charge in [-0.05, 0) is 42.2 Å². The normalized spacial score (nSPS) is 30.3. The predicted molar refractivity (Wildman–Crippen MR) is 92.0 cm³/mol. The maximum Gasteiger partial charge on any atom is 0.416 e. The first-order valence-electron chi connectivity index (χ1n) is 9.27. The molecule has 1 aromatic carbocycles. The third kappa shape index (κ3) is 3.77. The molecule has 4 rings (SSSR count). The Hall–Kier alpha value is -1.33. The van der Waals surface area contributed by atoms with E-state index in [1.54, 1.807) is 12.1 Å². The summed E-state index contributed by atoms with van der Waals surface area (Å²) < 4.78 is 39.4. The fourth-order valence-corrected chi connectivity index (χ4v) is 4.74. The molecule has 3 unspecified atom stereocenters. The van der Waals surface area contributed by atoms with Crippen LogP contribution >= 0.6 is 0 Å². The molecule has 2 aliphatic carbocycles. The lowest BCUT2D eigenvalue weighted by atomic mass is 9.93. The highest BCUT2D eigenvalue weighted by Gasteiger charge is 2.37. The zero-order valence-corrected chi connectivity index (χ0v) is 14.4. The second-order valence-electron chi connectivity index (χ2n) is 7.77. The van der Waals surface area contributed by atoms with Crippen LogP contribution in [0.5, 0.6) is 0 Å². The van der Waals surface area contributed by atoms with E-state index < -0.39 is 11.7 Å². The maximum absolute atomic E-state index is 13.1. The summed E-state index contributed by atoms with van der Waals surface area (Å²) in [5.74, 6) is 2.35. The Bertz CT molecular complexity index is 632. The predicted octanol–water partition coefficient (Wildman–Crippen LogP) is 4.04. The average molecular weight is 350 g/mol. The molecule has 3 aliphatic rings. The average Bonchev–Trinajstić information content (AvgIpc) is 3.19. The number of allylic oxidation sites excluding steroid dienone is 2. The Morgan fingerprint density at radius 1 is 0.920 bits per heavy atom. The van der Waals surface area contributed by atoms with Crippen LogP contribution in [0.25, 0.3) is 0 Å². The van der Waals surface area contributed by atoms with Crippen molar-refractivity contribution in [3.63, 3.8) is 0 Å².